The molecule has 3 unspecified atom stereocenters. The van der Waals surface area contributed by atoms with Gasteiger partial charge in [0.1, 0.15) is 13.2 Å². The third-order valence-electron chi connectivity index (χ3n) is 11.9. The molecule has 0 fully saturated rings. The highest BCUT2D eigenvalue weighted by Crippen LogP contribution is 2.38. The Kier molecular flexibility index (Phi) is 52.6. The van der Waals surface area contributed by atoms with E-state index in [1.54, 1.807) is 6.08 Å². The maximum atomic E-state index is 12.9. The summed E-state index contributed by atoms with van der Waals surface area (Å²) in [5.41, 5.74) is 0. The first-order valence-corrected chi connectivity index (χ1v) is 31.0. The van der Waals surface area contributed by atoms with Gasteiger partial charge in [-0.1, -0.05) is 229 Å². The smallest absolute Gasteiger partial charge is 0.268 e. The van der Waals surface area contributed by atoms with Crippen LogP contribution in [0.1, 0.15) is 194 Å². The number of hydrogen-bond donors (Lipinski definition) is 2. The number of hydrogen-bond acceptors (Lipinski definition) is 6. The summed E-state index contributed by atoms with van der Waals surface area (Å²) in [5, 5.41) is 13.8. The number of quaternary nitrogens is 1. The Bertz CT molecular complexity index is 1840. The van der Waals surface area contributed by atoms with Crippen LogP contribution in [0, 0.1) is 0 Å². The average molecular weight is 1070 g/mol. The van der Waals surface area contributed by atoms with Gasteiger partial charge in [0.15, 0.2) is 0 Å². The molecule has 0 aromatic heterocycles. The molecule has 2 N–H and O–H groups in total. The van der Waals surface area contributed by atoms with Gasteiger partial charge in [-0.05, 0) is 128 Å². The van der Waals surface area contributed by atoms with Crippen LogP contribution in [0.3, 0.4) is 0 Å². The molecule has 3 atom stereocenters. The summed E-state index contributed by atoms with van der Waals surface area (Å²) in [4.78, 5) is 25.5. The van der Waals surface area contributed by atoms with Crippen molar-refractivity contribution in [1.29, 1.82) is 0 Å². The van der Waals surface area contributed by atoms with E-state index in [0.717, 1.165) is 135 Å². The highest BCUT2D eigenvalue weighted by atomic mass is 31.2. The number of phosphoric ester groups is 1. The van der Waals surface area contributed by atoms with Crippen LogP contribution in [-0.4, -0.2) is 68.5 Å². The first-order valence-electron chi connectivity index (χ1n) is 29.5. The number of allylic oxidation sites excluding steroid dienone is 27. The molecule has 8 nitrogen and oxygen atoms in total. The molecular weight excluding hydrogens is 960 g/mol. The SMILES string of the molecule is CC/C=C\C/C=C\C/C=C\C/C=C\C/C=C\C/C=C\C/C=C\C/C=C\C/C=C\C/C=C\C/C=C\CCCCCCCC(=O)NC(COP(=O)([O-])OCC[N+](C)(C)C)C(O)/C=C/CC/C=C/CC/C=C/CCCCCCC. The molecule has 0 rings (SSSR count). The van der Waals surface area contributed by atoms with E-state index in [-0.39, 0.29) is 12.5 Å². The van der Waals surface area contributed by atoms with Gasteiger partial charge in [0.2, 0.25) is 5.91 Å². The van der Waals surface area contributed by atoms with Crippen molar-refractivity contribution >= 4 is 13.7 Å². The van der Waals surface area contributed by atoms with Crippen LogP contribution in [-0.2, 0) is 18.4 Å². The van der Waals surface area contributed by atoms with Gasteiger partial charge in [0.25, 0.3) is 7.82 Å². The Morgan fingerprint density at radius 2 is 0.816 bits per heavy atom. The summed E-state index contributed by atoms with van der Waals surface area (Å²) in [6, 6.07) is -0.933. The van der Waals surface area contributed by atoms with Gasteiger partial charge in [-0.2, -0.15) is 0 Å². The van der Waals surface area contributed by atoms with Crippen molar-refractivity contribution in [3.05, 3.63) is 170 Å². The molecule has 0 aliphatic rings. The van der Waals surface area contributed by atoms with Gasteiger partial charge in [0, 0.05) is 6.42 Å². The molecule has 9 heteroatoms. The monoisotopic (exact) mass is 1070 g/mol. The summed E-state index contributed by atoms with van der Waals surface area (Å²) in [7, 11) is 1.19. The fraction of sp³-hybridized carbons (Fsp3) is 0.567. The normalized spacial score (nSPS) is 15.1. The summed E-state index contributed by atoms with van der Waals surface area (Å²) < 4.78 is 23.3. The second-order valence-corrected chi connectivity index (χ2v) is 21.7. The summed E-state index contributed by atoms with van der Waals surface area (Å²) in [6.07, 6.45) is 88.7. The zero-order valence-corrected chi connectivity index (χ0v) is 49.5. The van der Waals surface area contributed by atoms with E-state index in [2.05, 4.69) is 177 Å². The molecule has 0 bridgehead atoms. The number of likely N-dealkylation sites (N-methyl/N-ethyl adjacent to an activating group) is 1. The lowest BCUT2D eigenvalue weighted by molar-refractivity contribution is -0.870. The molecule has 0 spiro atoms. The maximum Gasteiger partial charge on any atom is 0.268 e. The van der Waals surface area contributed by atoms with E-state index in [9.17, 15) is 19.4 Å². The average Bonchev–Trinajstić information content (AvgIpc) is 3.38. The highest BCUT2D eigenvalue weighted by molar-refractivity contribution is 7.45. The second kappa shape index (κ2) is 55.6. The van der Waals surface area contributed by atoms with Gasteiger partial charge in [0.05, 0.1) is 39.9 Å². The third kappa shape index (κ3) is 57.6. The lowest BCUT2D eigenvalue weighted by Gasteiger charge is -2.29. The molecule has 0 aromatic rings. The molecule has 0 aromatic carbocycles. The number of carbonyl (C=O) groups is 1. The molecule has 0 heterocycles. The van der Waals surface area contributed by atoms with Crippen molar-refractivity contribution in [2.24, 2.45) is 0 Å². The number of nitrogens with one attached hydrogen (secondary N) is 1. The summed E-state index contributed by atoms with van der Waals surface area (Å²) >= 11 is 0. The van der Waals surface area contributed by atoms with E-state index >= 15 is 0 Å². The topological polar surface area (TPSA) is 108 Å². The van der Waals surface area contributed by atoms with Gasteiger partial charge in [-0.3, -0.25) is 9.36 Å². The lowest BCUT2D eigenvalue weighted by Crippen LogP contribution is -2.45. The minimum Gasteiger partial charge on any atom is -0.756 e. The van der Waals surface area contributed by atoms with Gasteiger partial charge >= 0.3 is 0 Å². The van der Waals surface area contributed by atoms with Crippen LogP contribution in [0.15, 0.2) is 170 Å². The molecular formula is C67H109N2O6P. The Balaban J connectivity index is 4.26. The highest BCUT2D eigenvalue weighted by Gasteiger charge is 2.23. The van der Waals surface area contributed by atoms with Gasteiger partial charge in [-0.15, -0.1) is 0 Å². The number of carbonyl (C=O) groups excluding carboxylic acids is 1. The zero-order chi connectivity index (χ0) is 55.6. The molecule has 0 aliphatic heterocycles. The zero-order valence-electron chi connectivity index (χ0n) is 48.6. The van der Waals surface area contributed by atoms with E-state index in [1.165, 1.54) is 32.1 Å². The predicted molar refractivity (Wildman–Crippen MR) is 329 cm³/mol. The van der Waals surface area contributed by atoms with E-state index < -0.39 is 26.6 Å². The summed E-state index contributed by atoms with van der Waals surface area (Å²) in [5.74, 6) is -0.239. The van der Waals surface area contributed by atoms with Crippen LogP contribution in [0.5, 0.6) is 0 Å². The molecule has 76 heavy (non-hydrogen) atoms. The fourth-order valence-corrected chi connectivity index (χ4v) is 8.03. The Hall–Kier alpha value is -4.14. The van der Waals surface area contributed by atoms with Gasteiger partial charge in [-0.25, -0.2) is 0 Å². The van der Waals surface area contributed by atoms with E-state index in [4.69, 9.17) is 9.05 Å². The molecule has 0 aliphatic carbocycles. The Labute approximate surface area is 466 Å². The lowest BCUT2D eigenvalue weighted by atomic mass is 10.1. The molecule has 0 saturated carbocycles. The number of aliphatic hydroxyl groups excluding tert-OH is 1. The first kappa shape index (κ1) is 71.9. The van der Waals surface area contributed by atoms with Crippen LogP contribution in [0.25, 0.3) is 0 Å². The van der Waals surface area contributed by atoms with Crippen molar-refractivity contribution < 1.29 is 32.9 Å². The number of amides is 1. The molecule has 1 amide bonds. The van der Waals surface area contributed by atoms with Gasteiger partial charge < -0.3 is 28.8 Å². The second-order valence-electron chi connectivity index (χ2n) is 20.2. The summed E-state index contributed by atoms with van der Waals surface area (Å²) in [6.45, 7) is 4.44. The number of unbranched alkanes of at least 4 members (excludes halogenated alkanes) is 12. The van der Waals surface area contributed by atoms with Crippen LogP contribution < -0.4 is 10.2 Å². The van der Waals surface area contributed by atoms with E-state index in [0.29, 0.717) is 23.9 Å². The molecule has 0 saturated heterocycles. The van der Waals surface area contributed by atoms with Crippen molar-refractivity contribution in [2.45, 2.75) is 206 Å². The Morgan fingerprint density at radius 3 is 1.22 bits per heavy atom. The predicted octanol–water partition coefficient (Wildman–Crippen LogP) is 17.8. The number of aliphatic hydroxyl groups is 1. The minimum absolute atomic E-state index is 0.0227. The van der Waals surface area contributed by atoms with Crippen LogP contribution in [0.2, 0.25) is 0 Å². The third-order valence-corrected chi connectivity index (χ3v) is 12.9. The maximum absolute atomic E-state index is 12.9. The van der Waals surface area contributed by atoms with E-state index in [1.807, 2.05) is 27.2 Å². The minimum atomic E-state index is -4.63. The first-order chi connectivity index (χ1) is 37.0. The quantitative estimate of drug-likeness (QED) is 0.0272. The van der Waals surface area contributed by atoms with Crippen molar-refractivity contribution in [1.82, 2.24) is 5.32 Å². The van der Waals surface area contributed by atoms with Crippen molar-refractivity contribution in [2.75, 3.05) is 40.9 Å². The van der Waals surface area contributed by atoms with Crippen molar-refractivity contribution in [3.63, 3.8) is 0 Å². The number of phosphoric acid groups is 1. The molecule has 0 radical (unpaired) electrons. The largest absolute Gasteiger partial charge is 0.756 e. The van der Waals surface area contributed by atoms with Crippen molar-refractivity contribution in [3.8, 4) is 0 Å². The fourth-order valence-electron chi connectivity index (χ4n) is 7.30. The van der Waals surface area contributed by atoms with Crippen LogP contribution in [0.4, 0.5) is 0 Å². The van der Waals surface area contributed by atoms with Crippen LogP contribution >= 0.6 is 7.82 Å². The Morgan fingerprint density at radius 1 is 0.474 bits per heavy atom. The number of nitrogens with zero attached hydrogens (tertiary/aromatic N) is 1. The molecule has 428 valence electrons. The number of rotatable bonds is 51. The standard InChI is InChI=1S/C67H109N2O6P/c1-6-8-10-12-14-16-18-20-22-23-24-25-26-27-28-29-30-31-32-33-34-35-36-37-38-39-40-41-42-43-44-45-47-49-51-53-55-57-59-61-67(71)68-65(64-75-76(72,73)74-63-62-69(3,4)5)66(70)60-58-56-54-52-50-48-46-21-19-17-15-13-11-9-7-2/h8,10,14,16,19-22,24-25,27-28,30-31,33-34,36-37,39-40,42-43,45,47,50,52,58,60,65-66,70H,6-7,9,11-13,15,17-18,23,26,29,32,35,38,41,44,46,48-49,51,53-57,59,61-64H2,1-5H3,(H-,68,71,72,73)/b10-8-,16-14-,21-19+,22-20-,25-24-,28-27-,31-30-,34-33-,37-36-,40-39-,43-42-,47-45-,52-50+,60-58+.